The third kappa shape index (κ3) is 7.10. The maximum atomic E-state index is 11.9. The molecule has 1 unspecified atom stereocenters. The van der Waals surface area contributed by atoms with E-state index in [-0.39, 0.29) is 12.1 Å². The zero-order chi connectivity index (χ0) is 22.8. The van der Waals surface area contributed by atoms with Gasteiger partial charge in [-0.1, -0.05) is 29.8 Å². The maximum Gasteiger partial charge on any atom is 0.409 e. The number of aliphatic imine (C=N–C) groups is 1. The number of carbonyl (C=O) groups excluding carboxylic acids is 1. The zero-order valence-corrected chi connectivity index (χ0v) is 19.8. The number of piperidine rings is 1. The Bertz CT molecular complexity index is 743. The summed E-state index contributed by atoms with van der Waals surface area (Å²) in [6, 6.07) is 9.24. The molecule has 1 atom stereocenters. The Hall–Kier alpha value is -2.32. The minimum absolute atomic E-state index is 0.210. The van der Waals surface area contributed by atoms with Crippen LogP contribution in [0.1, 0.15) is 43.9 Å². The summed E-state index contributed by atoms with van der Waals surface area (Å²) < 4.78 is 10.7. The Morgan fingerprint density at radius 2 is 1.97 bits per heavy atom. The number of aryl methyl sites for hydroxylation is 1. The second-order valence-electron chi connectivity index (χ2n) is 8.40. The van der Waals surface area contributed by atoms with Crippen molar-refractivity contribution in [3.63, 3.8) is 0 Å². The lowest BCUT2D eigenvalue weighted by Crippen LogP contribution is -2.50. The van der Waals surface area contributed by atoms with Crippen LogP contribution in [0.5, 0.6) is 0 Å². The van der Waals surface area contributed by atoms with Crippen molar-refractivity contribution in [1.82, 2.24) is 20.4 Å². The summed E-state index contributed by atoms with van der Waals surface area (Å²) in [7, 11) is 0. The number of hydrogen-bond acceptors (Lipinski definition) is 5. The summed E-state index contributed by atoms with van der Waals surface area (Å²) in [5.41, 5.74) is 2.57. The van der Waals surface area contributed by atoms with E-state index < -0.39 is 0 Å². The summed E-state index contributed by atoms with van der Waals surface area (Å²) >= 11 is 0. The maximum absolute atomic E-state index is 11.9. The van der Waals surface area contributed by atoms with Crippen LogP contribution < -0.4 is 10.6 Å². The number of amides is 1. The van der Waals surface area contributed by atoms with E-state index in [1.807, 2.05) is 6.92 Å². The van der Waals surface area contributed by atoms with Crippen molar-refractivity contribution in [2.24, 2.45) is 4.99 Å². The molecule has 3 rings (SSSR count). The number of guanidine groups is 1. The van der Waals surface area contributed by atoms with Gasteiger partial charge in [0.25, 0.3) is 0 Å². The number of nitrogens with zero attached hydrogens (tertiary/aromatic N) is 3. The molecule has 8 heteroatoms. The van der Waals surface area contributed by atoms with Crippen molar-refractivity contribution in [1.29, 1.82) is 0 Å². The van der Waals surface area contributed by atoms with Gasteiger partial charge < -0.3 is 25.0 Å². The first-order valence-electron chi connectivity index (χ1n) is 12.0. The average molecular weight is 446 g/mol. The van der Waals surface area contributed by atoms with Gasteiger partial charge in [-0.25, -0.2) is 4.79 Å². The highest BCUT2D eigenvalue weighted by Crippen LogP contribution is 2.23. The predicted molar refractivity (Wildman–Crippen MR) is 127 cm³/mol. The molecule has 1 aromatic carbocycles. The fourth-order valence-corrected chi connectivity index (χ4v) is 4.31. The van der Waals surface area contributed by atoms with E-state index in [4.69, 9.17) is 14.5 Å². The van der Waals surface area contributed by atoms with Gasteiger partial charge in [0.05, 0.1) is 32.4 Å². The molecule has 0 aromatic heterocycles. The normalized spacial score (nSPS) is 19.5. The lowest BCUT2D eigenvalue weighted by atomic mass is 10.0. The zero-order valence-electron chi connectivity index (χ0n) is 19.8. The molecule has 0 saturated carbocycles. The van der Waals surface area contributed by atoms with Crippen LogP contribution >= 0.6 is 0 Å². The molecule has 0 bridgehead atoms. The molecule has 8 nitrogen and oxygen atoms in total. The SMILES string of the molecule is CCNC(=NCC(c1cccc(C)c1)N1CCOCC1)NC1CCN(C(=O)OCC)CC1. The van der Waals surface area contributed by atoms with Crippen molar-refractivity contribution in [3.05, 3.63) is 35.4 Å². The predicted octanol–water partition coefficient (Wildman–Crippen LogP) is 2.54. The minimum atomic E-state index is -0.210. The lowest BCUT2D eigenvalue weighted by molar-refractivity contribution is 0.0179. The van der Waals surface area contributed by atoms with E-state index in [0.29, 0.717) is 32.3 Å². The highest BCUT2D eigenvalue weighted by Gasteiger charge is 2.25. The summed E-state index contributed by atoms with van der Waals surface area (Å²) in [6.07, 6.45) is 1.56. The molecule has 2 aliphatic heterocycles. The van der Waals surface area contributed by atoms with Gasteiger partial charge in [0.15, 0.2) is 5.96 Å². The van der Waals surface area contributed by atoms with Crippen molar-refractivity contribution in [2.75, 3.05) is 59.1 Å². The van der Waals surface area contributed by atoms with Gasteiger partial charge >= 0.3 is 6.09 Å². The smallest absolute Gasteiger partial charge is 0.409 e. The standard InChI is InChI=1S/C24H39N5O3/c1-4-25-23(27-21-9-11-29(12-10-21)24(30)32-5-2)26-18-22(28-13-15-31-16-14-28)20-8-6-7-19(3)17-20/h6-8,17,21-22H,4-5,9-16,18H2,1-3H3,(H2,25,26,27). The first-order chi connectivity index (χ1) is 15.6. The number of rotatable bonds is 7. The van der Waals surface area contributed by atoms with Crippen LogP contribution in [0, 0.1) is 6.92 Å². The Balaban J connectivity index is 1.64. The van der Waals surface area contributed by atoms with Crippen molar-refractivity contribution in [3.8, 4) is 0 Å². The van der Waals surface area contributed by atoms with E-state index in [2.05, 4.69) is 53.6 Å². The van der Waals surface area contributed by atoms with Crippen LogP contribution in [0.3, 0.4) is 0 Å². The topological polar surface area (TPSA) is 78.4 Å². The number of hydrogen-bond donors (Lipinski definition) is 2. The molecule has 0 radical (unpaired) electrons. The second kappa shape index (κ2) is 12.6. The van der Waals surface area contributed by atoms with E-state index in [1.54, 1.807) is 4.90 Å². The number of likely N-dealkylation sites (tertiary alicyclic amines) is 1. The fraction of sp³-hybridized carbons (Fsp3) is 0.667. The highest BCUT2D eigenvalue weighted by atomic mass is 16.6. The monoisotopic (exact) mass is 445 g/mol. The molecule has 1 aromatic rings. The molecule has 2 saturated heterocycles. The molecule has 0 spiro atoms. The number of nitrogens with one attached hydrogen (secondary N) is 2. The van der Waals surface area contributed by atoms with Crippen LogP contribution in [-0.2, 0) is 9.47 Å². The van der Waals surface area contributed by atoms with Gasteiger partial charge in [-0.3, -0.25) is 9.89 Å². The Morgan fingerprint density at radius 3 is 2.62 bits per heavy atom. The molecule has 178 valence electrons. The molecule has 1 amide bonds. The van der Waals surface area contributed by atoms with Gasteiger partial charge in [-0.05, 0) is 39.2 Å². The number of morpholine rings is 1. The largest absolute Gasteiger partial charge is 0.450 e. The van der Waals surface area contributed by atoms with Crippen molar-refractivity contribution >= 4 is 12.1 Å². The summed E-state index contributed by atoms with van der Waals surface area (Å²) in [6.45, 7) is 12.7. The van der Waals surface area contributed by atoms with Crippen LogP contribution in [-0.4, -0.2) is 87.0 Å². The number of benzene rings is 1. The quantitative estimate of drug-likeness (QED) is 0.496. The molecule has 2 aliphatic rings. The van der Waals surface area contributed by atoms with E-state index in [9.17, 15) is 4.79 Å². The summed E-state index contributed by atoms with van der Waals surface area (Å²) in [5.74, 6) is 0.841. The molecule has 2 fully saturated rings. The summed E-state index contributed by atoms with van der Waals surface area (Å²) in [4.78, 5) is 21.2. The Labute approximate surface area is 192 Å². The van der Waals surface area contributed by atoms with E-state index >= 15 is 0 Å². The van der Waals surface area contributed by atoms with Crippen LogP contribution in [0.25, 0.3) is 0 Å². The Morgan fingerprint density at radius 1 is 1.22 bits per heavy atom. The average Bonchev–Trinajstić information content (AvgIpc) is 2.81. The second-order valence-corrected chi connectivity index (χ2v) is 8.40. The third-order valence-corrected chi connectivity index (χ3v) is 6.04. The van der Waals surface area contributed by atoms with Crippen LogP contribution in [0.4, 0.5) is 4.79 Å². The summed E-state index contributed by atoms with van der Waals surface area (Å²) in [5, 5.41) is 6.98. The van der Waals surface area contributed by atoms with E-state index in [0.717, 1.165) is 51.6 Å². The Kier molecular flexibility index (Phi) is 9.62. The highest BCUT2D eigenvalue weighted by molar-refractivity contribution is 5.80. The van der Waals surface area contributed by atoms with Crippen LogP contribution in [0.2, 0.25) is 0 Å². The van der Waals surface area contributed by atoms with Gasteiger partial charge in [0.1, 0.15) is 0 Å². The molecule has 0 aliphatic carbocycles. The van der Waals surface area contributed by atoms with Crippen LogP contribution in [0.15, 0.2) is 29.3 Å². The molecular formula is C24H39N5O3. The third-order valence-electron chi connectivity index (χ3n) is 6.04. The van der Waals surface area contributed by atoms with Crippen molar-refractivity contribution in [2.45, 2.75) is 45.7 Å². The van der Waals surface area contributed by atoms with Crippen molar-refractivity contribution < 1.29 is 14.3 Å². The van der Waals surface area contributed by atoms with Gasteiger partial charge in [0.2, 0.25) is 0 Å². The van der Waals surface area contributed by atoms with Gasteiger partial charge in [0, 0.05) is 38.8 Å². The minimum Gasteiger partial charge on any atom is -0.450 e. The number of ether oxygens (including phenoxy) is 2. The number of carbonyl (C=O) groups is 1. The molecule has 2 heterocycles. The van der Waals surface area contributed by atoms with Gasteiger partial charge in [-0.15, -0.1) is 0 Å². The molecular weight excluding hydrogens is 406 g/mol. The first kappa shape index (κ1) is 24.3. The van der Waals surface area contributed by atoms with Gasteiger partial charge in [-0.2, -0.15) is 0 Å². The first-order valence-corrected chi connectivity index (χ1v) is 12.0. The lowest BCUT2D eigenvalue weighted by Gasteiger charge is -2.35. The van der Waals surface area contributed by atoms with E-state index in [1.165, 1.54) is 11.1 Å². The molecule has 32 heavy (non-hydrogen) atoms. The fourth-order valence-electron chi connectivity index (χ4n) is 4.31. The molecule has 2 N–H and O–H groups in total.